The molecule has 4 nitrogen and oxygen atoms in total. The van der Waals surface area contributed by atoms with E-state index in [2.05, 4.69) is 36.4 Å². The van der Waals surface area contributed by atoms with Gasteiger partial charge in [-0.15, -0.1) is 0 Å². The fourth-order valence-corrected chi connectivity index (χ4v) is 2.16. The number of aliphatic hydroxyl groups is 1. The lowest BCUT2D eigenvalue weighted by molar-refractivity contribution is 0.168. The second-order valence-electron chi connectivity index (χ2n) is 5.21. The monoisotopic (exact) mass is 261 g/mol. The molecule has 1 heterocycles. The van der Waals surface area contributed by atoms with Crippen molar-refractivity contribution in [2.45, 2.75) is 45.8 Å². The number of aryl methyl sites for hydroxylation is 1. The van der Waals surface area contributed by atoms with E-state index in [-0.39, 0.29) is 12.1 Å². The second kappa shape index (κ2) is 5.72. The fourth-order valence-electron chi connectivity index (χ4n) is 2.16. The van der Waals surface area contributed by atoms with Crippen LogP contribution in [0.4, 0.5) is 0 Å². The van der Waals surface area contributed by atoms with E-state index in [0.717, 1.165) is 18.7 Å². The Labute approximate surface area is 114 Å². The predicted octanol–water partition coefficient (Wildman–Crippen LogP) is 2.31. The van der Waals surface area contributed by atoms with Crippen LogP contribution < -0.4 is 5.32 Å². The molecule has 0 spiro atoms. The number of hydrogen-bond donors (Lipinski definition) is 2. The molecular formula is C15H23N3O. The quantitative estimate of drug-likeness (QED) is 0.839. The van der Waals surface area contributed by atoms with Crippen molar-refractivity contribution in [2.75, 3.05) is 6.61 Å². The minimum absolute atomic E-state index is 0.135. The van der Waals surface area contributed by atoms with Crippen LogP contribution >= 0.6 is 0 Å². The van der Waals surface area contributed by atoms with Crippen molar-refractivity contribution in [3.63, 3.8) is 0 Å². The molecular weight excluding hydrogens is 238 g/mol. The van der Waals surface area contributed by atoms with Crippen LogP contribution in [0, 0.1) is 0 Å². The molecule has 2 aromatic rings. The summed E-state index contributed by atoms with van der Waals surface area (Å²) in [5, 5.41) is 18.7. The van der Waals surface area contributed by atoms with Crippen LogP contribution in [0.15, 0.2) is 24.3 Å². The second-order valence-corrected chi connectivity index (χ2v) is 5.21. The summed E-state index contributed by atoms with van der Waals surface area (Å²) in [5.74, 6) is 0. The Bertz CT molecular complexity index is 543. The van der Waals surface area contributed by atoms with E-state index in [0.29, 0.717) is 6.54 Å². The third-order valence-electron chi connectivity index (χ3n) is 3.85. The molecule has 104 valence electrons. The number of aromatic nitrogens is 2. The van der Waals surface area contributed by atoms with Gasteiger partial charge in [-0.2, -0.15) is 5.10 Å². The van der Waals surface area contributed by atoms with Crippen LogP contribution in [0.5, 0.6) is 0 Å². The van der Waals surface area contributed by atoms with Crippen molar-refractivity contribution >= 4 is 10.9 Å². The highest BCUT2D eigenvalue weighted by Crippen LogP contribution is 2.19. The topological polar surface area (TPSA) is 50.1 Å². The maximum absolute atomic E-state index is 9.44. The van der Waals surface area contributed by atoms with Gasteiger partial charge in [0.1, 0.15) is 0 Å². The summed E-state index contributed by atoms with van der Waals surface area (Å²) >= 11 is 0. The van der Waals surface area contributed by atoms with Gasteiger partial charge in [-0.1, -0.05) is 25.1 Å². The molecule has 0 saturated carbocycles. The number of hydrogen-bond acceptors (Lipinski definition) is 3. The first-order chi connectivity index (χ1) is 9.13. The highest BCUT2D eigenvalue weighted by atomic mass is 16.3. The number of aliphatic hydroxyl groups excluding tert-OH is 1. The molecule has 1 atom stereocenters. The van der Waals surface area contributed by atoms with Gasteiger partial charge in [0, 0.05) is 24.0 Å². The van der Waals surface area contributed by atoms with Gasteiger partial charge in [-0.25, -0.2) is 0 Å². The maximum atomic E-state index is 9.44. The number of rotatable bonds is 6. The van der Waals surface area contributed by atoms with E-state index in [9.17, 15) is 5.11 Å². The lowest BCUT2D eigenvalue weighted by Gasteiger charge is -2.26. The molecule has 0 aliphatic heterocycles. The first-order valence-corrected chi connectivity index (χ1v) is 6.94. The van der Waals surface area contributed by atoms with Crippen LogP contribution in [-0.4, -0.2) is 27.0 Å². The van der Waals surface area contributed by atoms with E-state index in [1.165, 1.54) is 10.9 Å². The SMILES string of the molecule is CCn1nc(CNC(C)(CC)CO)c2ccccc21. The van der Waals surface area contributed by atoms with Gasteiger partial charge in [0.2, 0.25) is 0 Å². The summed E-state index contributed by atoms with van der Waals surface area (Å²) in [6, 6.07) is 8.28. The van der Waals surface area contributed by atoms with Crippen LogP contribution in [-0.2, 0) is 13.1 Å². The van der Waals surface area contributed by atoms with Crippen molar-refractivity contribution in [3.05, 3.63) is 30.0 Å². The van der Waals surface area contributed by atoms with E-state index < -0.39 is 0 Å². The molecule has 0 aliphatic carbocycles. The summed E-state index contributed by atoms with van der Waals surface area (Å²) in [6.07, 6.45) is 0.885. The number of fused-ring (bicyclic) bond motifs is 1. The van der Waals surface area contributed by atoms with Gasteiger partial charge in [0.05, 0.1) is 17.8 Å². The lowest BCUT2D eigenvalue weighted by Crippen LogP contribution is -2.44. The molecule has 1 unspecified atom stereocenters. The molecule has 4 heteroatoms. The Balaban J connectivity index is 2.26. The highest BCUT2D eigenvalue weighted by Gasteiger charge is 2.21. The molecule has 0 amide bonds. The molecule has 0 radical (unpaired) electrons. The Hall–Kier alpha value is -1.39. The molecule has 0 bridgehead atoms. The van der Waals surface area contributed by atoms with Gasteiger partial charge in [-0.05, 0) is 26.3 Å². The summed E-state index contributed by atoms with van der Waals surface area (Å²) in [7, 11) is 0. The number of nitrogens with one attached hydrogen (secondary N) is 1. The summed E-state index contributed by atoms with van der Waals surface area (Å²) in [4.78, 5) is 0. The minimum Gasteiger partial charge on any atom is -0.394 e. The maximum Gasteiger partial charge on any atom is 0.0841 e. The Morgan fingerprint density at radius 3 is 2.68 bits per heavy atom. The molecule has 19 heavy (non-hydrogen) atoms. The fraction of sp³-hybridized carbons (Fsp3) is 0.533. The van der Waals surface area contributed by atoms with E-state index in [1.54, 1.807) is 0 Å². The smallest absolute Gasteiger partial charge is 0.0841 e. The first-order valence-electron chi connectivity index (χ1n) is 6.94. The van der Waals surface area contributed by atoms with Gasteiger partial charge in [-0.3, -0.25) is 4.68 Å². The molecule has 2 rings (SSSR count). The first kappa shape index (κ1) is 14.0. The molecule has 2 N–H and O–H groups in total. The Morgan fingerprint density at radius 2 is 2.05 bits per heavy atom. The van der Waals surface area contributed by atoms with Crippen molar-refractivity contribution in [1.29, 1.82) is 0 Å². The van der Waals surface area contributed by atoms with Crippen molar-refractivity contribution in [3.8, 4) is 0 Å². The van der Waals surface area contributed by atoms with Crippen molar-refractivity contribution in [2.24, 2.45) is 0 Å². The Kier molecular flexibility index (Phi) is 4.22. The van der Waals surface area contributed by atoms with E-state index in [1.807, 2.05) is 23.7 Å². The van der Waals surface area contributed by atoms with Crippen LogP contribution in [0.3, 0.4) is 0 Å². The molecule has 1 aromatic heterocycles. The zero-order valence-corrected chi connectivity index (χ0v) is 12.0. The standard InChI is InChI=1S/C15H23N3O/c1-4-15(3,11-19)16-10-13-12-8-6-7-9-14(12)18(5-2)17-13/h6-9,16,19H,4-5,10-11H2,1-3H3. The Morgan fingerprint density at radius 1 is 1.32 bits per heavy atom. The molecule has 0 fully saturated rings. The van der Waals surface area contributed by atoms with Crippen molar-refractivity contribution in [1.82, 2.24) is 15.1 Å². The van der Waals surface area contributed by atoms with Crippen LogP contribution in [0.2, 0.25) is 0 Å². The third kappa shape index (κ3) is 2.80. The zero-order valence-electron chi connectivity index (χ0n) is 12.0. The molecule has 0 aliphatic rings. The highest BCUT2D eigenvalue weighted by molar-refractivity contribution is 5.81. The molecule has 1 aromatic carbocycles. The van der Waals surface area contributed by atoms with Crippen LogP contribution in [0.25, 0.3) is 10.9 Å². The number of nitrogens with zero attached hydrogens (tertiary/aromatic N) is 2. The van der Waals surface area contributed by atoms with E-state index in [4.69, 9.17) is 0 Å². The van der Waals surface area contributed by atoms with Gasteiger partial charge >= 0.3 is 0 Å². The van der Waals surface area contributed by atoms with Crippen LogP contribution in [0.1, 0.15) is 32.9 Å². The zero-order chi connectivity index (χ0) is 13.9. The average molecular weight is 261 g/mol. The van der Waals surface area contributed by atoms with E-state index >= 15 is 0 Å². The predicted molar refractivity (Wildman–Crippen MR) is 78.0 cm³/mol. The van der Waals surface area contributed by atoms with Crippen molar-refractivity contribution < 1.29 is 5.11 Å². The number of para-hydroxylation sites is 1. The minimum atomic E-state index is -0.239. The third-order valence-corrected chi connectivity index (χ3v) is 3.85. The summed E-state index contributed by atoms with van der Waals surface area (Å²) in [6.45, 7) is 7.89. The summed E-state index contributed by atoms with van der Waals surface area (Å²) < 4.78 is 2.02. The lowest BCUT2D eigenvalue weighted by atomic mass is 10.00. The average Bonchev–Trinajstić information content (AvgIpc) is 2.83. The van der Waals surface area contributed by atoms with Gasteiger partial charge in [0.25, 0.3) is 0 Å². The molecule has 0 saturated heterocycles. The van der Waals surface area contributed by atoms with Gasteiger partial charge in [0.15, 0.2) is 0 Å². The number of benzene rings is 1. The van der Waals surface area contributed by atoms with Gasteiger partial charge < -0.3 is 10.4 Å². The largest absolute Gasteiger partial charge is 0.394 e. The normalized spacial score (nSPS) is 14.7. The summed E-state index contributed by atoms with van der Waals surface area (Å²) in [5.41, 5.74) is 1.98.